The van der Waals surface area contributed by atoms with E-state index >= 15 is 0 Å². The number of Topliss-reactive ketones (excluding diaryl/α,β-unsaturated/α-hetero) is 1. The fourth-order valence-corrected chi connectivity index (χ4v) is 2.54. The molecule has 0 bridgehead atoms. The average molecular weight is 278 g/mol. The molecule has 20 heavy (non-hydrogen) atoms. The van der Waals surface area contributed by atoms with Gasteiger partial charge in [0.1, 0.15) is 0 Å². The topological polar surface area (TPSA) is 74.6 Å². The van der Waals surface area contributed by atoms with E-state index in [9.17, 15) is 19.8 Å². The van der Waals surface area contributed by atoms with E-state index in [1.807, 2.05) is 13.8 Å². The van der Waals surface area contributed by atoms with Crippen LogP contribution in [0, 0.1) is 5.41 Å². The van der Waals surface area contributed by atoms with Crippen molar-refractivity contribution in [3.05, 3.63) is 35.5 Å². The van der Waals surface area contributed by atoms with Crippen LogP contribution in [0.25, 0.3) is 0 Å². The molecule has 0 aromatic heterocycles. The molecule has 4 nitrogen and oxygen atoms in total. The van der Waals surface area contributed by atoms with Crippen LogP contribution in [0.4, 0.5) is 0 Å². The number of ketones is 1. The molecule has 0 aromatic rings. The van der Waals surface area contributed by atoms with Crippen molar-refractivity contribution in [2.45, 2.75) is 46.1 Å². The summed E-state index contributed by atoms with van der Waals surface area (Å²) in [7, 11) is 0. The van der Waals surface area contributed by atoms with Gasteiger partial charge in [-0.25, -0.2) is 4.79 Å². The molecule has 0 spiro atoms. The van der Waals surface area contributed by atoms with E-state index in [4.69, 9.17) is 0 Å². The lowest BCUT2D eigenvalue weighted by Crippen LogP contribution is -2.30. The predicted molar refractivity (Wildman–Crippen MR) is 77.3 cm³/mol. The molecule has 0 aromatic carbocycles. The van der Waals surface area contributed by atoms with Gasteiger partial charge in [0.05, 0.1) is 11.2 Å². The maximum Gasteiger partial charge on any atom is 0.335 e. The molecule has 0 saturated heterocycles. The molecule has 1 atom stereocenters. The minimum atomic E-state index is -1.43. The number of carboxylic acid groups (broad SMARTS) is 1. The standard InChI is InChI=1S/C16H22O4/c1-6-16(5,20)9-11(14(18)19)13-10(2)12(17)7-8-15(13,3)4/h6,9,20H,1,7-8H2,2-5H3,(H,18,19). The van der Waals surface area contributed by atoms with E-state index in [2.05, 4.69) is 6.58 Å². The van der Waals surface area contributed by atoms with Crippen molar-refractivity contribution in [3.8, 4) is 0 Å². The van der Waals surface area contributed by atoms with Crippen LogP contribution < -0.4 is 0 Å². The first kappa shape index (κ1) is 16.4. The third-order valence-electron chi connectivity index (χ3n) is 3.80. The van der Waals surface area contributed by atoms with E-state index in [1.54, 1.807) is 6.92 Å². The van der Waals surface area contributed by atoms with E-state index < -0.39 is 17.0 Å². The second-order valence-corrected chi connectivity index (χ2v) is 6.10. The van der Waals surface area contributed by atoms with Gasteiger partial charge in [-0.3, -0.25) is 4.79 Å². The van der Waals surface area contributed by atoms with Crippen LogP contribution in [0.15, 0.2) is 35.5 Å². The molecule has 110 valence electrons. The van der Waals surface area contributed by atoms with E-state index in [0.29, 0.717) is 24.0 Å². The molecule has 0 radical (unpaired) electrons. The SMILES string of the molecule is C=CC(C)(O)C=C(C(=O)O)C1=C(C)C(=O)CCC1(C)C. The van der Waals surface area contributed by atoms with Crippen LogP contribution in [-0.2, 0) is 9.59 Å². The number of aliphatic carboxylic acids is 1. The average Bonchev–Trinajstić information content (AvgIpc) is 2.33. The highest BCUT2D eigenvalue weighted by atomic mass is 16.4. The Kier molecular flexibility index (Phi) is 4.39. The van der Waals surface area contributed by atoms with Gasteiger partial charge < -0.3 is 10.2 Å². The highest BCUT2D eigenvalue weighted by molar-refractivity contribution is 6.02. The fourth-order valence-electron chi connectivity index (χ4n) is 2.54. The molecular formula is C16H22O4. The number of allylic oxidation sites excluding steroid dienone is 1. The van der Waals surface area contributed by atoms with Gasteiger partial charge in [-0.15, -0.1) is 0 Å². The van der Waals surface area contributed by atoms with Gasteiger partial charge >= 0.3 is 5.97 Å². The summed E-state index contributed by atoms with van der Waals surface area (Å²) < 4.78 is 0. The summed E-state index contributed by atoms with van der Waals surface area (Å²) in [6, 6.07) is 0. The molecule has 2 N–H and O–H groups in total. The number of carboxylic acids is 1. The van der Waals surface area contributed by atoms with Crippen molar-refractivity contribution in [3.63, 3.8) is 0 Å². The van der Waals surface area contributed by atoms with Gasteiger partial charge in [-0.2, -0.15) is 0 Å². The molecule has 0 heterocycles. The zero-order valence-corrected chi connectivity index (χ0v) is 12.5. The van der Waals surface area contributed by atoms with Crippen LogP contribution in [0.2, 0.25) is 0 Å². The molecule has 0 amide bonds. The number of hydrogen-bond donors (Lipinski definition) is 2. The summed E-state index contributed by atoms with van der Waals surface area (Å²) in [6.45, 7) is 10.4. The highest BCUT2D eigenvalue weighted by Gasteiger charge is 2.37. The van der Waals surface area contributed by atoms with Crippen molar-refractivity contribution in [1.82, 2.24) is 0 Å². The minimum Gasteiger partial charge on any atom is -0.478 e. The van der Waals surface area contributed by atoms with Crippen molar-refractivity contribution in [2.24, 2.45) is 5.41 Å². The zero-order valence-electron chi connectivity index (χ0n) is 12.5. The van der Waals surface area contributed by atoms with Crippen LogP contribution >= 0.6 is 0 Å². The normalized spacial score (nSPS) is 22.4. The zero-order chi connectivity index (χ0) is 15.7. The largest absolute Gasteiger partial charge is 0.478 e. The van der Waals surface area contributed by atoms with Gasteiger partial charge in [0.25, 0.3) is 0 Å². The maximum absolute atomic E-state index is 11.9. The summed E-state index contributed by atoms with van der Waals surface area (Å²) in [4.78, 5) is 23.5. The van der Waals surface area contributed by atoms with E-state index in [1.165, 1.54) is 19.1 Å². The number of rotatable bonds is 4. The van der Waals surface area contributed by atoms with Crippen molar-refractivity contribution >= 4 is 11.8 Å². The maximum atomic E-state index is 11.9. The first-order valence-corrected chi connectivity index (χ1v) is 6.59. The molecule has 0 aliphatic heterocycles. The fraction of sp³-hybridized carbons (Fsp3) is 0.500. The van der Waals surface area contributed by atoms with Gasteiger partial charge in [-0.1, -0.05) is 26.5 Å². The van der Waals surface area contributed by atoms with Gasteiger partial charge in [-0.05, 0) is 42.9 Å². The van der Waals surface area contributed by atoms with Crippen molar-refractivity contribution in [2.75, 3.05) is 0 Å². The Bertz CT molecular complexity index is 519. The Labute approximate surface area is 119 Å². The molecule has 0 saturated carbocycles. The Morgan fingerprint density at radius 1 is 1.45 bits per heavy atom. The predicted octanol–water partition coefficient (Wildman–Crippen LogP) is 2.64. The molecule has 1 aliphatic rings. The summed E-state index contributed by atoms with van der Waals surface area (Å²) >= 11 is 0. The molecule has 0 fully saturated rings. The molecule has 4 heteroatoms. The first-order chi connectivity index (χ1) is 9.02. The van der Waals surface area contributed by atoms with Crippen molar-refractivity contribution in [1.29, 1.82) is 0 Å². The Balaban J connectivity index is 3.55. The molecule has 1 aliphatic carbocycles. The summed E-state index contributed by atoms with van der Waals surface area (Å²) in [5.41, 5.74) is -0.902. The number of aliphatic hydroxyl groups is 1. The third kappa shape index (κ3) is 3.25. The quantitative estimate of drug-likeness (QED) is 0.612. The number of carbonyl (C=O) groups is 2. The summed E-state index contributed by atoms with van der Waals surface area (Å²) in [5.74, 6) is -1.19. The highest BCUT2D eigenvalue weighted by Crippen LogP contribution is 2.43. The third-order valence-corrected chi connectivity index (χ3v) is 3.80. The second-order valence-electron chi connectivity index (χ2n) is 6.10. The molecule has 1 rings (SSSR count). The Morgan fingerprint density at radius 3 is 2.45 bits per heavy atom. The van der Waals surface area contributed by atoms with Gasteiger partial charge in [0.2, 0.25) is 0 Å². The lowest BCUT2D eigenvalue weighted by atomic mass is 9.69. The van der Waals surface area contributed by atoms with Crippen molar-refractivity contribution < 1.29 is 19.8 Å². The van der Waals surface area contributed by atoms with Crippen LogP contribution in [0.5, 0.6) is 0 Å². The Hall–Kier alpha value is -1.68. The monoisotopic (exact) mass is 278 g/mol. The summed E-state index contributed by atoms with van der Waals surface area (Å²) in [6.07, 6.45) is 3.54. The Morgan fingerprint density at radius 2 is 2.00 bits per heavy atom. The van der Waals surface area contributed by atoms with Gasteiger partial charge in [0.15, 0.2) is 5.78 Å². The van der Waals surface area contributed by atoms with Crippen LogP contribution in [-0.4, -0.2) is 27.6 Å². The number of hydrogen-bond acceptors (Lipinski definition) is 3. The van der Waals surface area contributed by atoms with E-state index in [-0.39, 0.29) is 11.4 Å². The smallest absolute Gasteiger partial charge is 0.335 e. The van der Waals surface area contributed by atoms with E-state index in [0.717, 1.165) is 0 Å². The lowest BCUT2D eigenvalue weighted by molar-refractivity contribution is -0.132. The first-order valence-electron chi connectivity index (χ1n) is 6.59. The number of carbonyl (C=O) groups excluding carboxylic acids is 1. The minimum absolute atomic E-state index is 0.0227. The molecule has 1 unspecified atom stereocenters. The van der Waals surface area contributed by atoms with Crippen LogP contribution in [0.3, 0.4) is 0 Å². The second kappa shape index (κ2) is 5.37. The summed E-state index contributed by atoms with van der Waals surface area (Å²) in [5, 5.41) is 19.5. The lowest BCUT2D eigenvalue weighted by Gasteiger charge is -2.34. The van der Waals surface area contributed by atoms with Gasteiger partial charge in [0, 0.05) is 6.42 Å². The van der Waals surface area contributed by atoms with Crippen LogP contribution in [0.1, 0.15) is 40.5 Å². The molecular weight excluding hydrogens is 256 g/mol.